The average molecular weight is 357 g/mol. The number of nitrogens with one attached hydrogen (secondary N) is 1. The highest BCUT2D eigenvalue weighted by Gasteiger charge is 2.20. The van der Waals surface area contributed by atoms with Gasteiger partial charge in [-0.05, 0) is 36.4 Å². The molecule has 2 aromatic carbocycles. The Bertz CT molecular complexity index is 832. The van der Waals surface area contributed by atoms with Gasteiger partial charge in [0.2, 0.25) is 0 Å². The quantitative estimate of drug-likeness (QED) is 0.803. The number of rotatable bonds is 6. The molecule has 6 heteroatoms. The number of methoxy groups -OCH3 is 1. The maximum absolute atomic E-state index is 12.1. The fourth-order valence-corrected chi connectivity index (χ4v) is 2.56. The molecule has 0 radical (unpaired) electrons. The van der Waals surface area contributed by atoms with E-state index in [1.807, 2.05) is 30.3 Å². The van der Waals surface area contributed by atoms with Crippen LogP contribution in [0.5, 0.6) is 11.5 Å². The van der Waals surface area contributed by atoms with E-state index in [9.17, 15) is 4.79 Å². The number of carbonyl (C=O) groups is 1. The fraction of sp³-hybridized carbons (Fsp3) is 0.158. The number of benzene rings is 2. The monoisotopic (exact) mass is 356 g/mol. The predicted octanol–water partition coefficient (Wildman–Crippen LogP) is 3.69. The maximum Gasteiger partial charge on any atom is 0.275 e. The molecule has 5 nitrogen and oxygen atoms in total. The van der Waals surface area contributed by atoms with Gasteiger partial charge in [-0.1, -0.05) is 29.8 Å². The molecule has 3 rings (SSSR count). The van der Waals surface area contributed by atoms with E-state index in [1.54, 1.807) is 31.4 Å². The predicted molar refractivity (Wildman–Crippen MR) is 98.1 cm³/mol. The number of amidine groups is 1. The number of para-hydroxylation sites is 1. The van der Waals surface area contributed by atoms with Crippen LogP contribution in [0.4, 0.5) is 0 Å². The van der Waals surface area contributed by atoms with Crippen LogP contribution in [0, 0.1) is 0 Å². The van der Waals surface area contributed by atoms with Gasteiger partial charge in [0.05, 0.1) is 13.7 Å². The first-order valence-electron chi connectivity index (χ1n) is 7.78. The van der Waals surface area contributed by atoms with E-state index in [4.69, 9.17) is 21.1 Å². The van der Waals surface area contributed by atoms with Gasteiger partial charge in [0, 0.05) is 17.0 Å². The molecule has 1 N–H and O–H groups in total. The third kappa shape index (κ3) is 4.39. The molecule has 0 fully saturated rings. The molecule has 1 aliphatic rings. The SMILES string of the molecule is COc1ccc(Cl)cc1/C=C1/N=C(CCOc2ccccc2)NC1=O. The molecule has 0 aromatic heterocycles. The van der Waals surface area contributed by atoms with Gasteiger partial charge < -0.3 is 14.8 Å². The zero-order valence-electron chi connectivity index (χ0n) is 13.7. The number of aliphatic imine (C=N–C) groups is 1. The molecule has 0 bridgehead atoms. The van der Waals surface area contributed by atoms with E-state index >= 15 is 0 Å². The van der Waals surface area contributed by atoms with E-state index in [2.05, 4.69) is 10.3 Å². The van der Waals surface area contributed by atoms with Crippen LogP contribution in [-0.2, 0) is 4.79 Å². The lowest BCUT2D eigenvalue weighted by atomic mass is 10.1. The number of nitrogens with zero attached hydrogens (tertiary/aromatic N) is 1. The second-order valence-electron chi connectivity index (χ2n) is 5.34. The summed E-state index contributed by atoms with van der Waals surface area (Å²) in [5.74, 6) is 1.73. The molecular formula is C19H17ClN2O3. The second-order valence-corrected chi connectivity index (χ2v) is 5.78. The summed E-state index contributed by atoms with van der Waals surface area (Å²) in [4.78, 5) is 16.4. The maximum atomic E-state index is 12.1. The summed E-state index contributed by atoms with van der Waals surface area (Å²) in [6, 6.07) is 14.7. The van der Waals surface area contributed by atoms with Crippen molar-refractivity contribution in [3.05, 3.63) is 64.8 Å². The first-order chi connectivity index (χ1) is 12.2. The van der Waals surface area contributed by atoms with Gasteiger partial charge in [-0.25, -0.2) is 4.99 Å². The van der Waals surface area contributed by atoms with Crippen LogP contribution in [-0.4, -0.2) is 25.5 Å². The minimum atomic E-state index is -0.253. The Kier molecular flexibility index (Phi) is 5.36. The van der Waals surface area contributed by atoms with Gasteiger partial charge in [-0.15, -0.1) is 0 Å². The van der Waals surface area contributed by atoms with Gasteiger partial charge >= 0.3 is 0 Å². The number of hydrogen-bond acceptors (Lipinski definition) is 4. The van der Waals surface area contributed by atoms with Crippen LogP contribution in [0.3, 0.4) is 0 Å². The molecule has 1 heterocycles. The van der Waals surface area contributed by atoms with E-state index < -0.39 is 0 Å². The second kappa shape index (κ2) is 7.85. The Morgan fingerprint density at radius 3 is 2.76 bits per heavy atom. The first kappa shape index (κ1) is 17.0. The molecule has 0 saturated carbocycles. The van der Waals surface area contributed by atoms with Crippen molar-refractivity contribution in [1.82, 2.24) is 5.32 Å². The molecule has 0 unspecified atom stereocenters. The smallest absolute Gasteiger partial charge is 0.275 e. The standard InChI is InChI=1S/C19H17ClN2O3/c1-24-17-8-7-14(20)11-13(17)12-16-19(23)22-18(21-16)9-10-25-15-5-3-2-4-6-15/h2-8,11-12H,9-10H2,1H3,(H,21,22,23)/b16-12+. The van der Waals surface area contributed by atoms with Crippen LogP contribution >= 0.6 is 11.6 Å². The number of carbonyl (C=O) groups excluding carboxylic acids is 1. The van der Waals surface area contributed by atoms with Crippen molar-refractivity contribution < 1.29 is 14.3 Å². The van der Waals surface area contributed by atoms with Gasteiger partial charge in [0.25, 0.3) is 5.91 Å². The van der Waals surface area contributed by atoms with E-state index in [-0.39, 0.29) is 5.91 Å². The van der Waals surface area contributed by atoms with Crippen molar-refractivity contribution >= 4 is 29.4 Å². The lowest BCUT2D eigenvalue weighted by Crippen LogP contribution is -2.25. The summed E-state index contributed by atoms with van der Waals surface area (Å²) in [5, 5.41) is 3.31. The number of hydrogen-bond donors (Lipinski definition) is 1. The fourth-order valence-electron chi connectivity index (χ4n) is 2.38. The van der Waals surface area contributed by atoms with Crippen molar-refractivity contribution in [2.24, 2.45) is 4.99 Å². The minimum absolute atomic E-state index is 0.253. The van der Waals surface area contributed by atoms with Crippen LogP contribution in [0.2, 0.25) is 5.02 Å². The average Bonchev–Trinajstić information content (AvgIpc) is 2.96. The normalized spacial score (nSPS) is 15.0. The summed E-state index contributed by atoms with van der Waals surface area (Å²) < 4.78 is 10.9. The summed E-state index contributed by atoms with van der Waals surface area (Å²) >= 11 is 6.01. The van der Waals surface area contributed by atoms with E-state index in [1.165, 1.54) is 0 Å². The highest BCUT2D eigenvalue weighted by molar-refractivity contribution is 6.30. The highest BCUT2D eigenvalue weighted by Crippen LogP contribution is 2.26. The molecule has 1 aliphatic heterocycles. The summed E-state index contributed by atoms with van der Waals surface area (Å²) in [7, 11) is 1.57. The molecule has 2 aromatic rings. The number of amides is 1. The zero-order chi connectivity index (χ0) is 17.6. The zero-order valence-corrected chi connectivity index (χ0v) is 14.4. The summed E-state index contributed by atoms with van der Waals surface area (Å²) in [5.41, 5.74) is 1.01. The molecule has 0 atom stereocenters. The van der Waals surface area contributed by atoms with Crippen LogP contribution < -0.4 is 14.8 Å². The lowest BCUT2D eigenvalue weighted by Gasteiger charge is -2.05. The summed E-state index contributed by atoms with van der Waals surface area (Å²) in [6.45, 7) is 0.427. The molecule has 128 valence electrons. The number of ether oxygens (including phenoxy) is 2. The lowest BCUT2D eigenvalue weighted by molar-refractivity contribution is -0.115. The van der Waals surface area contributed by atoms with Crippen molar-refractivity contribution in [3.63, 3.8) is 0 Å². The van der Waals surface area contributed by atoms with Crippen molar-refractivity contribution in [1.29, 1.82) is 0 Å². The third-order valence-electron chi connectivity index (χ3n) is 3.58. The Balaban J connectivity index is 1.69. The van der Waals surface area contributed by atoms with Crippen molar-refractivity contribution in [3.8, 4) is 11.5 Å². The van der Waals surface area contributed by atoms with Crippen LogP contribution in [0.25, 0.3) is 6.08 Å². The Morgan fingerprint density at radius 1 is 1.20 bits per heavy atom. The van der Waals surface area contributed by atoms with Gasteiger partial charge in [0.15, 0.2) is 0 Å². The van der Waals surface area contributed by atoms with E-state index in [0.717, 1.165) is 5.75 Å². The highest BCUT2D eigenvalue weighted by atomic mass is 35.5. The van der Waals surface area contributed by atoms with Crippen LogP contribution in [0.15, 0.2) is 59.2 Å². The Labute approximate surface area is 150 Å². The molecule has 0 saturated heterocycles. The van der Waals surface area contributed by atoms with Gasteiger partial charge in [0.1, 0.15) is 23.0 Å². The molecule has 1 amide bonds. The minimum Gasteiger partial charge on any atom is -0.496 e. The third-order valence-corrected chi connectivity index (χ3v) is 3.82. The number of halogens is 1. The molecular weight excluding hydrogens is 340 g/mol. The molecule has 25 heavy (non-hydrogen) atoms. The van der Waals surface area contributed by atoms with Crippen molar-refractivity contribution in [2.45, 2.75) is 6.42 Å². The van der Waals surface area contributed by atoms with E-state index in [0.29, 0.717) is 40.9 Å². The first-order valence-corrected chi connectivity index (χ1v) is 8.15. The Morgan fingerprint density at radius 2 is 2.00 bits per heavy atom. The van der Waals surface area contributed by atoms with Crippen LogP contribution in [0.1, 0.15) is 12.0 Å². The van der Waals surface area contributed by atoms with Gasteiger partial charge in [-0.3, -0.25) is 4.79 Å². The Hall–Kier alpha value is -2.79. The van der Waals surface area contributed by atoms with Crippen molar-refractivity contribution in [2.75, 3.05) is 13.7 Å². The molecule has 0 spiro atoms. The summed E-state index contributed by atoms with van der Waals surface area (Å²) in [6.07, 6.45) is 2.16. The van der Waals surface area contributed by atoms with Gasteiger partial charge in [-0.2, -0.15) is 0 Å². The molecule has 0 aliphatic carbocycles. The largest absolute Gasteiger partial charge is 0.496 e. The topological polar surface area (TPSA) is 59.9 Å².